The van der Waals surface area contributed by atoms with Crippen LogP contribution in [0.3, 0.4) is 0 Å². The molecule has 0 atom stereocenters. The number of furan rings is 1. The number of rotatable bonds is 5. The number of fused-ring (bicyclic) bond motifs is 3. The molecule has 1 heterocycles. The van der Waals surface area contributed by atoms with Crippen LogP contribution in [0, 0.1) is 0 Å². The highest BCUT2D eigenvalue weighted by molar-refractivity contribution is 6.29. The van der Waals surface area contributed by atoms with E-state index >= 15 is 0 Å². The van der Waals surface area contributed by atoms with Gasteiger partial charge in [0.2, 0.25) is 5.88 Å². The molecule has 0 amide bonds. The summed E-state index contributed by atoms with van der Waals surface area (Å²) in [7, 11) is 3.39. The predicted octanol–water partition coefficient (Wildman–Crippen LogP) is 7.61. The van der Waals surface area contributed by atoms with Gasteiger partial charge in [0, 0.05) is 28.4 Å². The fourth-order valence-electron chi connectivity index (χ4n) is 5.40. The van der Waals surface area contributed by atoms with Crippen LogP contribution in [-0.4, -0.2) is 20.3 Å². The smallest absolute Gasteiger partial charge is 0.202 e. The number of anilines is 1. The van der Waals surface area contributed by atoms with Crippen LogP contribution in [0.25, 0.3) is 43.6 Å². The Labute approximate surface area is 187 Å². The third kappa shape index (κ3) is 2.89. The van der Waals surface area contributed by atoms with E-state index in [1.807, 2.05) is 12.1 Å². The van der Waals surface area contributed by atoms with Crippen LogP contribution in [0.1, 0.15) is 32.1 Å². The molecular weight excluding hydrogens is 398 g/mol. The van der Waals surface area contributed by atoms with Crippen molar-refractivity contribution in [2.24, 2.45) is 0 Å². The molecule has 1 aromatic heterocycles. The van der Waals surface area contributed by atoms with Crippen molar-refractivity contribution in [3.63, 3.8) is 0 Å². The molecule has 1 fully saturated rings. The summed E-state index contributed by atoms with van der Waals surface area (Å²) in [6, 6.07) is 19.4. The van der Waals surface area contributed by atoms with Gasteiger partial charge in [-0.05, 0) is 41.1 Å². The molecule has 4 heteroatoms. The van der Waals surface area contributed by atoms with Gasteiger partial charge < -0.3 is 19.2 Å². The molecule has 1 aliphatic carbocycles. The van der Waals surface area contributed by atoms with Crippen LogP contribution in [0.15, 0.2) is 59.0 Å². The monoisotopic (exact) mass is 425 g/mol. The highest BCUT2D eigenvalue weighted by atomic mass is 16.5. The lowest BCUT2D eigenvalue weighted by Crippen LogP contribution is -2.22. The first-order chi connectivity index (χ1) is 15.8. The van der Waals surface area contributed by atoms with Crippen molar-refractivity contribution in [2.75, 3.05) is 19.5 Å². The summed E-state index contributed by atoms with van der Waals surface area (Å²) < 4.78 is 17.9. The lowest BCUT2D eigenvalue weighted by Gasteiger charge is -2.23. The molecule has 4 bridgehead atoms. The Morgan fingerprint density at radius 3 is 2.28 bits per heavy atom. The van der Waals surface area contributed by atoms with E-state index in [4.69, 9.17) is 13.9 Å². The second-order valence-electron chi connectivity index (χ2n) is 8.76. The maximum absolute atomic E-state index is 6.66. The van der Waals surface area contributed by atoms with Gasteiger partial charge in [-0.2, -0.15) is 0 Å². The van der Waals surface area contributed by atoms with Crippen LogP contribution >= 0.6 is 0 Å². The van der Waals surface area contributed by atoms with Crippen molar-refractivity contribution in [1.29, 1.82) is 0 Å². The van der Waals surface area contributed by atoms with Crippen molar-refractivity contribution in [3.8, 4) is 22.6 Å². The zero-order valence-corrected chi connectivity index (χ0v) is 18.5. The predicted molar refractivity (Wildman–Crippen MR) is 131 cm³/mol. The molecule has 4 nitrogen and oxygen atoms in total. The molecule has 0 radical (unpaired) electrons. The van der Waals surface area contributed by atoms with E-state index in [0.717, 1.165) is 44.9 Å². The van der Waals surface area contributed by atoms with Gasteiger partial charge in [0.1, 0.15) is 17.1 Å². The fraction of sp³-hybridized carbons (Fsp3) is 0.286. The van der Waals surface area contributed by atoms with Crippen LogP contribution in [0.4, 0.5) is 5.88 Å². The summed E-state index contributed by atoms with van der Waals surface area (Å²) in [5, 5.41) is 9.78. The molecule has 4 aromatic carbocycles. The van der Waals surface area contributed by atoms with Gasteiger partial charge in [0.05, 0.1) is 19.8 Å². The van der Waals surface area contributed by atoms with E-state index in [0.29, 0.717) is 6.04 Å². The summed E-state index contributed by atoms with van der Waals surface area (Å²) in [5.74, 6) is 2.39. The number of hydrogen-bond donors (Lipinski definition) is 1. The highest BCUT2D eigenvalue weighted by Gasteiger charge is 2.26. The molecular formula is C28H27NO3. The molecule has 0 saturated heterocycles. The molecule has 6 rings (SSSR count). The zero-order chi connectivity index (χ0) is 21.7. The van der Waals surface area contributed by atoms with Gasteiger partial charge in [-0.25, -0.2) is 0 Å². The standard InChI is InChI=1S/C28H27NO3/c1-30-18-14-15-23(24(16-18)31-2)26-25-21-12-6-11-20-19(21)10-7-13-22(20)27(25)32-28(26)29-17-8-4-3-5-9-17/h6-7,10-17,29H,3-5,8-9H2,1-2H3. The average Bonchev–Trinajstić information content (AvgIpc) is 3.20. The minimum absolute atomic E-state index is 0.428. The Morgan fingerprint density at radius 1 is 0.812 bits per heavy atom. The van der Waals surface area contributed by atoms with E-state index in [1.165, 1.54) is 48.3 Å². The van der Waals surface area contributed by atoms with Gasteiger partial charge >= 0.3 is 0 Å². The van der Waals surface area contributed by atoms with Gasteiger partial charge in [-0.1, -0.05) is 55.7 Å². The van der Waals surface area contributed by atoms with Gasteiger partial charge in [0.15, 0.2) is 0 Å². The van der Waals surface area contributed by atoms with Crippen LogP contribution < -0.4 is 14.8 Å². The first-order valence-corrected chi connectivity index (χ1v) is 11.5. The molecule has 0 aliphatic heterocycles. The summed E-state index contributed by atoms with van der Waals surface area (Å²) in [4.78, 5) is 0. The minimum atomic E-state index is 0.428. The van der Waals surface area contributed by atoms with E-state index in [2.05, 4.69) is 47.8 Å². The molecule has 0 unspecified atom stereocenters. The largest absolute Gasteiger partial charge is 0.497 e. The summed E-state index contributed by atoms with van der Waals surface area (Å²) in [6.07, 6.45) is 6.19. The molecule has 1 N–H and O–H groups in total. The number of methoxy groups -OCH3 is 2. The molecule has 1 aliphatic rings. The normalized spacial score (nSPS) is 15.1. The SMILES string of the molecule is COc1ccc(-c2c(NC3CCCCC3)oc3c4cccc5c4cccc5c23)c(OC)c1. The Kier molecular flexibility index (Phi) is 4.60. The van der Waals surface area contributed by atoms with Crippen LogP contribution in [0.5, 0.6) is 11.5 Å². The van der Waals surface area contributed by atoms with Crippen molar-refractivity contribution < 1.29 is 13.9 Å². The Morgan fingerprint density at radius 2 is 1.53 bits per heavy atom. The number of ether oxygens (including phenoxy) is 2. The Hall–Kier alpha value is -3.40. The lowest BCUT2D eigenvalue weighted by atomic mass is 9.92. The third-order valence-electron chi connectivity index (χ3n) is 6.96. The van der Waals surface area contributed by atoms with Crippen molar-refractivity contribution in [1.82, 2.24) is 0 Å². The maximum atomic E-state index is 6.66. The van der Waals surface area contributed by atoms with Crippen molar-refractivity contribution in [3.05, 3.63) is 54.6 Å². The van der Waals surface area contributed by atoms with Gasteiger partial charge in [-0.15, -0.1) is 0 Å². The maximum Gasteiger partial charge on any atom is 0.202 e. The average molecular weight is 426 g/mol. The summed E-state index contributed by atoms with van der Waals surface area (Å²) in [5.41, 5.74) is 3.03. The number of benzene rings is 4. The second-order valence-corrected chi connectivity index (χ2v) is 8.76. The minimum Gasteiger partial charge on any atom is -0.497 e. The van der Waals surface area contributed by atoms with E-state index in [9.17, 15) is 0 Å². The molecule has 1 saturated carbocycles. The number of nitrogens with one attached hydrogen (secondary N) is 1. The Bertz CT molecular complexity index is 1410. The van der Waals surface area contributed by atoms with Gasteiger partial charge in [-0.3, -0.25) is 0 Å². The van der Waals surface area contributed by atoms with Crippen LogP contribution in [0.2, 0.25) is 0 Å². The van der Waals surface area contributed by atoms with E-state index < -0.39 is 0 Å². The molecule has 32 heavy (non-hydrogen) atoms. The summed E-state index contributed by atoms with van der Waals surface area (Å²) >= 11 is 0. The molecule has 0 spiro atoms. The van der Waals surface area contributed by atoms with Crippen molar-refractivity contribution in [2.45, 2.75) is 38.1 Å². The molecule has 162 valence electrons. The topological polar surface area (TPSA) is 43.6 Å². The van der Waals surface area contributed by atoms with Crippen molar-refractivity contribution >= 4 is 38.4 Å². The fourth-order valence-corrected chi connectivity index (χ4v) is 5.40. The van der Waals surface area contributed by atoms with Crippen LogP contribution in [-0.2, 0) is 0 Å². The zero-order valence-electron chi connectivity index (χ0n) is 18.5. The lowest BCUT2D eigenvalue weighted by molar-refractivity contribution is 0.395. The first kappa shape index (κ1) is 19.3. The Balaban J connectivity index is 1.68. The first-order valence-electron chi connectivity index (χ1n) is 11.5. The third-order valence-corrected chi connectivity index (χ3v) is 6.96. The van der Waals surface area contributed by atoms with Gasteiger partial charge in [0.25, 0.3) is 0 Å². The second kappa shape index (κ2) is 7.63. The summed E-state index contributed by atoms with van der Waals surface area (Å²) in [6.45, 7) is 0. The highest BCUT2D eigenvalue weighted by Crippen LogP contribution is 2.49. The van der Waals surface area contributed by atoms with E-state index in [1.54, 1.807) is 14.2 Å². The molecule has 5 aromatic rings. The number of hydrogen-bond acceptors (Lipinski definition) is 4. The quantitative estimate of drug-likeness (QED) is 0.315. The van der Waals surface area contributed by atoms with E-state index in [-0.39, 0.29) is 0 Å².